The quantitative estimate of drug-likeness (QED) is 0.785. The van der Waals surface area contributed by atoms with Gasteiger partial charge in [-0.15, -0.1) is 11.6 Å². The van der Waals surface area contributed by atoms with E-state index in [-0.39, 0.29) is 12.4 Å². The van der Waals surface area contributed by atoms with Gasteiger partial charge in [-0.25, -0.2) is 0 Å². The van der Waals surface area contributed by atoms with Crippen LogP contribution in [0.25, 0.3) is 0 Å². The van der Waals surface area contributed by atoms with E-state index < -0.39 is 4.87 Å². The van der Waals surface area contributed by atoms with E-state index in [9.17, 15) is 4.79 Å². The fourth-order valence-electron chi connectivity index (χ4n) is 1.25. The van der Waals surface area contributed by atoms with Crippen LogP contribution in [0.2, 0.25) is 10.0 Å². The number of ether oxygens (including phenoxy) is 1. The fraction of sp³-hybridized carbons (Fsp3) is 0.364. The summed E-state index contributed by atoms with van der Waals surface area (Å²) in [5, 5.41) is 0.916. The Morgan fingerprint density at radius 2 is 2.06 bits per heavy atom. The van der Waals surface area contributed by atoms with Gasteiger partial charge in [0.25, 0.3) is 0 Å². The van der Waals surface area contributed by atoms with E-state index in [1.54, 1.807) is 18.2 Å². The summed E-state index contributed by atoms with van der Waals surface area (Å²) in [4.78, 5) is 10.9. The van der Waals surface area contributed by atoms with E-state index in [1.165, 1.54) is 0 Å². The predicted octanol–water partition coefficient (Wildman–Crippen LogP) is 3.71. The van der Waals surface area contributed by atoms with Gasteiger partial charge in [-0.1, -0.05) is 23.2 Å². The van der Waals surface area contributed by atoms with Crippen molar-refractivity contribution in [2.75, 3.05) is 6.61 Å². The van der Waals surface area contributed by atoms with Gasteiger partial charge in [0.2, 0.25) is 0 Å². The number of carbonyl (C=O) groups excluding carboxylic acids is 1. The lowest BCUT2D eigenvalue weighted by molar-refractivity contribution is -0.121. The van der Waals surface area contributed by atoms with Crippen LogP contribution in [0.1, 0.15) is 12.8 Å². The van der Waals surface area contributed by atoms with Crippen molar-refractivity contribution in [2.45, 2.75) is 17.7 Å². The Bertz CT molecular complexity index is 427. The van der Waals surface area contributed by atoms with E-state index in [4.69, 9.17) is 39.5 Å². The highest BCUT2D eigenvalue weighted by molar-refractivity contribution is 6.37. The minimum absolute atomic E-state index is 0.0507. The molecular weight excluding hydrogens is 270 g/mol. The van der Waals surface area contributed by atoms with Gasteiger partial charge in [0.1, 0.15) is 17.2 Å². The van der Waals surface area contributed by atoms with Crippen molar-refractivity contribution < 1.29 is 9.53 Å². The molecule has 5 heteroatoms. The molecule has 0 aromatic heterocycles. The van der Waals surface area contributed by atoms with Gasteiger partial charge >= 0.3 is 0 Å². The first-order valence-electron chi connectivity index (χ1n) is 4.81. The van der Waals surface area contributed by atoms with Crippen LogP contribution >= 0.6 is 34.8 Å². The van der Waals surface area contributed by atoms with Crippen molar-refractivity contribution in [1.82, 2.24) is 0 Å². The number of alkyl halides is 1. The average molecular weight is 280 g/mol. The molecule has 2 rings (SSSR count). The number of carbonyl (C=O) groups is 1. The molecule has 0 N–H and O–H groups in total. The summed E-state index contributed by atoms with van der Waals surface area (Å²) < 4.78 is 5.30. The number of hydrogen-bond acceptors (Lipinski definition) is 2. The van der Waals surface area contributed by atoms with Crippen LogP contribution in [0, 0.1) is 0 Å². The van der Waals surface area contributed by atoms with Crippen molar-refractivity contribution >= 4 is 40.6 Å². The van der Waals surface area contributed by atoms with Crippen LogP contribution in [0.4, 0.5) is 0 Å². The summed E-state index contributed by atoms with van der Waals surface area (Å²) in [5.41, 5.74) is 0. The first kappa shape index (κ1) is 12.0. The highest BCUT2D eigenvalue weighted by Crippen LogP contribution is 2.43. The molecule has 2 nitrogen and oxygen atoms in total. The number of ketones is 1. The summed E-state index contributed by atoms with van der Waals surface area (Å²) in [6.45, 7) is -0.0507. The molecule has 0 bridgehead atoms. The molecule has 0 unspecified atom stereocenters. The highest BCUT2D eigenvalue weighted by atomic mass is 35.5. The second-order valence-electron chi connectivity index (χ2n) is 3.75. The third-order valence-corrected chi connectivity index (χ3v) is 3.56. The second kappa shape index (κ2) is 4.44. The Morgan fingerprint density at radius 3 is 2.62 bits per heavy atom. The van der Waals surface area contributed by atoms with E-state index in [0.29, 0.717) is 15.8 Å². The largest absolute Gasteiger partial charge is 0.484 e. The smallest absolute Gasteiger partial charge is 0.190 e. The molecule has 0 spiro atoms. The summed E-state index contributed by atoms with van der Waals surface area (Å²) in [6, 6.07) is 4.85. The van der Waals surface area contributed by atoms with Crippen molar-refractivity contribution in [3.05, 3.63) is 28.2 Å². The van der Waals surface area contributed by atoms with Crippen molar-refractivity contribution in [2.24, 2.45) is 0 Å². The van der Waals surface area contributed by atoms with Gasteiger partial charge in [0.15, 0.2) is 5.78 Å². The minimum atomic E-state index is -0.682. The van der Waals surface area contributed by atoms with Crippen LogP contribution in [0.3, 0.4) is 0 Å². The molecule has 0 aliphatic heterocycles. The van der Waals surface area contributed by atoms with Gasteiger partial charge in [0.05, 0.1) is 5.02 Å². The molecule has 1 fully saturated rings. The predicted molar refractivity (Wildman–Crippen MR) is 64.8 cm³/mol. The molecule has 1 aromatic rings. The highest BCUT2D eigenvalue weighted by Gasteiger charge is 2.47. The number of hydrogen-bond donors (Lipinski definition) is 0. The molecule has 86 valence electrons. The van der Waals surface area contributed by atoms with E-state index in [0.717, 1.165) is 12.8 Å². The fourth-order valence-corrected chi connectivity index (χ4v) is 1.87. The molecule has 1 saturated carbocycles. The molecule has 0 radical (unpaired) electrons. The monoisotopic (exact) mass is 278 g/mol. The first-order valence-corrected chi connectivity index (χ1v) is 5.95. The summed E-state index contributed by atoms with van der Waals surface area (Å²) in [5.74, 6) is 0.348. The second-order valence-corrected chi connectivity index (χ2v) is 5.32. The third-order valence-electron chi connectivity index (χ3n) is 2.44. The molecular formula is C11H9Cl3O2. The molecule has 0 atom stereocenters. The van der Waals surface area contributed by atoms with Crippen LogP contribution < -0.4 is 4.74 Å². The van der Waals surface area contributed by atoms with Crippen molar-refractivity contribution in [3.63, 3.8) is 0 Å². The number of rotatable bonds is 4. The Morgan fingerprint density at radius 1 is 1.38 bits per heavy atom. The summed E-state index contributed by atoms with van der Waals surface area (Å²) in [6.07, 6.45) is 1.45. The topological polar surface area (TPSA) is 26.3 Å². The maximum absolute atomic E-state index is 11.6. The summed E-state index contributed by atoms with van der Waals surface area (Å²) in [7, 11) is 0. The van der Waals surface area contributed by atoms with Crippen LogP contribution in [-0.2, 0) is 4.79 Å². The third kappa shape index (κ3) is 2.62. The Kier molecular flexibility index (Phi) is 3.34. The zero-order valence-corrected chi connectivity index (χ0v) is 10.6. The molecule has 0 amide bonds. The van der Waals surface area contributed by atoms with Crippen LogP contribution in [-0.4, -0.2) is 17.3 Å². The lowest BCUT2D eigenvalue weighted by Crippen LogP contribution is -2.23. The van der Waals surface area contributed by atoms with E-state index in [2.05, 4.69) is 0 Å². The van der Waals surface area contributed by atoms with Crippen molar-refractivity contribution in [1.29, 1.82) is 0 Å². The van der Waals surface area contributed by atoms with E-state index >= 15 is 0 Å². The standard InChI is InChI=1S/C11H9Cl3O2/c12-7-1-2-9(8(13)5-7)16-6-10(15)11(14)3-4-11/h1-2,5H,3-4,6H2. The van der Waals surface area contributed by atoms with Gasteiger partial charge < -0.3 is 4.74 Å². The number of benzene rings is 1. The average Bonchev–Trinajstić information content (AvgIpc) is 2.96. The molecule has 0 saturated heterocycles. The number of halogens is 3. The molecule has 1 aliphatic rings. The number of Topliss-reactive ketones (excluding diaryl/α,β-unsaturated/α-hetero) is 1. The van der Waals surface area contributed by atoms with Gasteiger partial charge in [-0.3, -0.25) is 4.79 Å². The zero-order chi connectivity index (χ0) is 11.8. The molecule has 1 aromatic carbocycles. The normalized spacial score (nSPS) is 16.9. The first-order chi connectivity index (χ1) is 7.51. The molecule has 16 heavy (non-hydrogen) atoms. The Labute approximate surface area is 108 Å². The van der Waals surface area contributed by atoms with Crippen LogP contribution in [0.15, 0.2) is 18.2 Å². The Hall–Kier alpha value is -0.440. The van der Waals surface area contributed by atoms with E-state index in [1.807, 2.05) is 0 Å². The lowest BCUT2D eigenvalue weighted by Gasteiger charge is -2.09. The maximum atomic E-state index is 11.6. The molecule has 0 heterocycles. The SMILES string of the molecule is O=C(COc1ccc(Cl)cc1Cl)C1(Cl)CC1. The summed E-state index contributed by atoms with van der Waals surface area (Å²) >= 11 is 17.6. The molecule has 1 aliphatic carbocycles. The lowest BCUT2D eigenvalue weighted by atomic mass is 10.3. The van der Waals surface area contributed by atoms with Crippen molar-refractivity contribution in [3.8, 4) is 5.75 Å². The Balaban J connectivity index is 1.97. The minimum Gasteiger partial charge on any atom is -0.484 e. The van der Waals surface area contributed by atoms with Gasteiger partial charge in [-0.2, -0.15) is 0 Å². The zero-order valence-electron chi connectivity index (χ0n) is 8.30. The maximum Gasteiger partial charge on any atom is 0.190 e. The van der Waals surface area contributed by atoms with Crippen LogP contribution in [0.5, 0.6) is 5.75 Å². The van der Waals surface area contributed by atoms with Gasteiger partial charge in [0, 0.05) is 5.02 Å². The van der Waals surface area contributed by atoms with Gasteiger partial charge in [-0.05, 0) is 31.0 Å².